The van der Waals surface area contributed by atoms with E-state index in [2.05, 4.69) is 15.3 Å². The number of fused-ring (bicyclic) bond motifs is 2. The zero-order valence-electron chi connectivity index (χ0n) is 15.6. The standard InChI is InChI=1S/C20H20F2N4O2S/c21-11-5-13(22)12-7-16(24-15(12)6-11)18(28)26-4-1-14-17(8-26)29-19(25-14)23-9-20(10-27)2-3-20/h5-7,24,27H,1-4,8-10H2,(H,23,25). The van der Waals surface area contributed by atoms with E-state index in [1.807, 2.05) is 0 Å². The van der Waals surface area contributed by atoms with Crippen molar-refractivity contribution in [3.63, 3.8) is 0 Å². The van der Waals surface area contributed by atoms with Gasteiger partial charge in [-0.25, -0.2) is 13.8 Å². The Morgan fingerprint density at radius 1 is 1.34 bits per heavy atom. The van der Waals surface area contributed by atoms with Crippen molar-refractivity contribution in [2.24, 2.45) is 5.41 Å². The number of aliphatic hydroxyl groups excluding tert-OH is 1. The molecule has 1 aliphatic heterocycles. The van der Waals surface area contributed by atoms with Crippen molar-refractivity contribution in [1.29, 1.82) is 0 Å². The Bertz CT molecular complexity index is 1110. The van der Waals surface area contributed by atoms with Crippen LogP contribution < -0.4 is 5.32 Å². The lowest BCUT2D eigenvalue weighted by Crippen LogP contribution is -2.35. The highest BCUT2D eigenvalue weighted by molar-refractivity contribution is 7.15. The summed E-state index contributed by atoms with van der Waals surface area (Å²) in [4.78, 5) is 23.1. The van der Waals surface area contributed by atoms with Crippen LogP contribution in [-0.2, 0) is 13.0 Å². The van der Waals surface area contributed by atoms with Crippen molar-refractivity contribution in [3.8, 4) is 0 Å². The van der Waals surface area contributed by atoms with Crippen molar-refractivity contribution in [2.45, 2.75) is 25.8 Å². The fraction of sp³-hybridized carbons (Fsp3) is 0.400. The molecule has 1 aliphatic carbocycles. The number of carbonyl (C=O) groups excluding carboxylic acids is 1. The third-order valence-corrected chi connectivity index (χ3v) is 6.85. The molecule has 0 radical (unpaired) electrons. The molecule has 3 heterocycles. The van der Waals surface area contributed by atoms with Crippen LogP contribution >= 0.6 is 11.3 Å². The molecular weight excluding hydrogens is 398 g/mol. The molecular formula is C20H20F2N4O2S. The summed E-state index contributed by atoms with van der Waals surface area (Å²) in [6.45, 7) is 1.84. The number of anilines is 1. The van der Waals surface area contributed by atoms with Gasteiger partial charge in [0.2, 0.25) is 0 Å². The minimum Gasteiger partial charge on any atom is -0.396 e. The monoisotopic (exact) mass is 418 g/mol. The van der Waals surface area contributed by atoms with Crippen molar-refractivity contribution in [1.82, 2.24) is 14.9 Å². The Balaban J connectivity index is 1.31. The molecule has 1 aromatic carbocycles. The second-order valence-corrected chi connectivity index (χ2v) is 8.99. The molecule has 1 saturated carbocycles. The molecule has 0 spiro atoms. The summed E-state index contributed by atoms with van der Waals surface area (Å²) in [6.07, 6.45) is 2.70. The number of halogens is 2. The third kappa shape index (κ3) is 3.38. The molecule has 2 aromatic heterocycles. The summed E-state index contributed by atoms with van der Waals surface area (Å²) in [7, 11) is 0. The van der Waals surface area contributed by atoms with Gasteiger partial charge < -0.3 is 20.3 Å². The average molecular weight is 418 g/mol. The third-order valence-electron chi connectivity index (χ3n) is 5.81. The number of carbonyl (C=O) groups is 1. The summed E-state index contributed by atoms with van der Waals surface area (Å²) >= 11 is 1.52. The number of aliphatic hydroxyl groups is 1. The van der Waals surface area contributed by atoms with Crippen LogP contribution in [0.25, 0.3) is 10.9 Å². The lowest BCUT2D eigenvalue weighted by atomic mass is 10.1. The molecule has 9 heteroatoms. The van der Waals surface area contributed by atoms with Gasteiger partial charge in [-0.15, -0.1) is 0 Å². The minimum atomic E-state index is -0.689. The van der Waals surface area contributed by atoms with Crippen LogP contribution in [0.15, 0.2) is 18.2 Å². The Kier molecular flexibility index (Phi) is 4.32. The topological polar surface area (TPSA) is 81.2 Å². The van der Waals surface area contributed by atoms with Crippen molar-refractivity contribution < 1.29 is 18.7 Å². The molecule has 0 bridgehead atoms. The number of hydrogen-bond acceptors (Lipinski definition) is 5. The van der Waals surface area contributed by atoms with E-state index >= 15 is 0 Å². The van der Waals surface area contributed by atoms with Crippen LogP contribution in [0.3, 0.4) is 0 Å². The van der Waals surface area contributed by atoms with Gasteiger partial charge in [0.15, 0.2) is 5.13 Å². The molecule has 0 atom stereocenters. The first-order valence-electron chi connectivity index (χ1n) is 9.57. The van der Waals surface area contributed by atoms with E-state index in [1.165, 1.54) is 23.5 Å². The van der Waals surface area contributed by atoms with Gasteiger partial charge in [-0.3, -0.25) is 4.79 Å². The molecule has 0 unspecified atom stereocenters. The number of H-pyrrole nitrogens is 1. The molecule has 29 heavy (non-hydrogen) atoms. The van der Waals surface area contributed by atoms with E-state index in [-0.39, 0.29) is 34.5 Å². The fourth-order valence-electron chi connectivity index (χ4n) is 3.72. The quantitative estimate of drug-likeness (QED) is 0.594. The average Bonchev–Trinajstić information content (AvgIpc) is 3.17. The van der Waals surface area contributed by atoms with Crippen LogP contribution in [0.2, 0.25) is 0 Å². The van der Waals surface area contributed by atoms with Crippen molar-refractivity contribution >= 4 is 33.3 Å². The molecule has 3 N–H and O–H groups in total. The van der Waals surface area contributed by atoms with Crippen LogP contribution in [0.4, 0.5) is 13.9 Å². The number of rotatable bonds is 5. The van der Waals surface area contributed by atoms with Crippen LogP contribution in [0.1, 0.15) is 33.9 Å². The summed E-state index contributed by atoms with van der Waals surface area (Å²) in [6, 6.07) is 3.43. The predicted molar refractivity (Wildman–Crippen MR) is 106 cm³/mol. The van der Waals surface area contributed by atoms with E-state index in [4.69, 9.17) is 0 Å². The second-order valence-electron chi connectivity index (χ2n) is 7.91. The molecule has 6 nitrogen and oxygen atoms in total. The van der Waals surface area contributed by atoms with Crippen molar-refractivity contribution in [3.05, 3.63) is 46.1 Å². The number of aromatic amines is 1. The van der Waals surface area contributed by atoms with Gasteiger partial charge in [-0.1, -0.05) is 11.3 Å². The van der Waals surface area contributed by atoms with Crippen LogP contribution in [-0.4, -0.2) is 45.6 Å². The molecule has 2 aliphatic rings. The van der Waals surface area contributed by atoms with Gasteiger partial charge in [0, 0.05) is 41.3 Å². The molecule has 1 amide bonds. The van der Waals surface area contributed by atoms with Gasteiger partial charge >= 0.3 is 0 Å². The highest BCUT2D eigenvalue weighted by Gasteiger charge is 2.42. The highest BCUT2D eigenvalue weighted by atomic mass is 32.1. The lowest BCUT2D eigenvalue weighted by Gasteiger charge is -2.25. The Morgan fingerprint density at radius 2 is 2.17 bits per heavy atom. The second kappa shape index (κ2) is 6.77. The first-order chi connectivity index (χ1) is 14.0. The van der Waals surface area contributed by atoms with Crippen LogP contribution in [0.5, 0.6) is 0 Å². The van der Waals surface area contributed by atoms with E-state index in [9.17, 15) is 18.7 Å². The Hall–Kier alpha value is -2.52. The van der Waals surface area contributed by atoms with Gasteiger partial charge in [0.1, 0.15) is 17.3 Å². The number of nitrogens with zero attached hydrogens (tertiary/aromatic N) is 2. The Morgan fingerprint density at radius 3 is 2.93 bits per heavy atom. The lowest BCUT2D eigenvalue weighted by molar-refractivity contribution is 0.0731. The first-order valence-corrected chi connectivity index (χ1v) is 10.4. The fourth-order valence-corrected chi connectivity index (χ4v) is 4.74. The van der Waals surface area contributed by atoms with E-state index in [0.717, 1.165) is 34.6 Å². The summed E-state index contributed by atoms with van der Waals surface area (Å²) < 4.78 is 27.4. The molecule has 1 fully saturated rings. The van der Waals surface area contributed by atoms with Gasteiger partial charge in [-0.05, 0) is 25.0 Å². The number of hydrogen-bond donors (Lipinski definition) is 3. The maximum atomic E-state index is 13.9. The molecule has 5 rings (SSSR count). The number of amides is 1. The van der Waals surface area contributed by atoms with Gasteiger partial charge in [-0.2, -0.15) is 0 Å². The van der Waals surface area contributed by atoms with Gasteiger partial charge in [0.25, 0.3) is 5.91 Å². The zero-order valence-corrected chi connectivity index (χ0v) is 16.4. The molecule has 3 aromatic rings. The maximum Gasteiger partial charge on any atom is 0.270 e. The normalized spacial score (nSPS) is 17.4. The van der Waals surface area contributed by atoms with E-state index in [0.29, 0.717) is 26.1 Å². The van der Waals surface area contributed by atoms with E-state index in [1.54, 1.807) is 4.90 Å². The highest BCUT2D eigenvalue weighted by Crippen LogP contribution is 2.45. The Labute approximate surface area is 169 Å². The first kappa shape index (κ1) is 18.5. The molecule has 0 saturated heterocycles. The van der Waals surface area contributed by atoms with Crippen molar-refractivity contribution in [2.75, 3.05) is 25.0 Å². The predicted octanol–water partition coefficient (Wildman–Crippen LogP) is 3.29. The smallest absolute Gasteiger partial charge is 0.270 e. The van der Waals surface area contributed by atoms with E-state index < -0.39 is 11.6 Å². The number of nitrogens with one attached hydrogen (secondary N) is 2. The zero-order chi connectivity index (χ0) is 20.2. The molecule has 152 valence electrons. The number of benzene rings is 1. The van der Waals surface area contributed by atoms with Gasteiger partial charge in [0.05, 0.1) is 24.4 Å². The SMILES string of the molecule is O=C(c1cc2c(F)cc(F)cc2[nH]1)N1CCc2nc(NCC3(CO)CC3)sc2C1. The summed E-state index contributed by atoms with van der Waals surface area (Å²) in [5, 5.41) is 13.8. The maximum absolute atomic E-state index is 13.9. The summed E-state index contributed by atoms with van der Waals surface area (Å²) in [5.74, 6) is -1.62. The minimum absolute atomic E-state index is 0.00144. The number of thiazole rings is 1. The largest absolute Gasteiger partial charge is 0.396 e. The van der Waals surface area contributed by atoms with Crippen LogP contribution in [0, 0.1) is 17.0 Å². The number of aromatic nitrogens is 2. The summed E-state index contributed by atoms with van der Waals surface area (Å²) in [5.41, 5.74) is 1.50.